The van der Waals surface area contributed by atoms with Gasteiger partial charge < -0.3 is 5.32 Å². The summed E-state index contributed by atoms with van der Waals surface area (Å²) in [6, 6.07) is 21.3. The van der Waals surface area contributed by atoms with Gasteiger partial charge in [0.15, 0.2) is 5.69 Å². The van der Waals surface area contributed by atoms with E-state index < -0.39 is 0 Å². The molecule has 4 aromatic rings. The third-order valence-corrected chi connectivity index (χ3v) is 4.30. The van der Waals surface area contributed by atoms with Crippen LogP contribution in [0, 0.1) is 13.8 Å². The number of benzene rings is 2. The maximum atomic E-state index is 12.8. The molecule has 0 aliphatic carbocycles. The smallest absolute Gasteiger partial charge is 0.279 e. The Bertz CT molecular complexity index is 1100. The van der Waals surface area contributed by atoms with Crippen LogP contribution in [-0.4, -0.2) is 30.7 Å². The number of carbonyl (C=O) groups excluding carboxylic acids is 1. The summed E-state index contributed by atoms with van der Waals surface area (Å²) in [4.78, 5) is 14.3. The number of aromatic nitrogens is 5. The molecule has 2 heterocycles. The quantitative estimate of drug-likeness (QED) is 0.583. The monoisotopic (exact) mass is 372 g/mol. The molecule has 7 nitrogen and oxygen atoms in total. The number of rotatable bonds is 5. The molecule has 0 radical (unpaired) electrons. The van der Waals surface area contributed by atoms with Crippen molar-refractivity contribution in [3.63, 3.8) is 0 Å². The summed E-state index contributed by atoms with van der Waals surface area (Å²) in [7, 11) is 0. The number of nitrogens with one attached hydrogen (secondary N) is 1. The molecule has 0 saturated carbocycles. The van der Waals surface area contributed by atoms with Crippen molar-refractivity contribution in [3.05, 3.63) is 89.4 Å². The molecular weight excluding hydrogens is 352 g/mol. The minimum absolute atomic E-state index is 0.286. The van der Waals surface area contributed by atoms with E-state index in [4.69, 9.17) is 0 Å². The van der Waals surface area contributed by atoms with E-state index in [-0.39, 0.29) is 11.6 Å². The number of amides is 1. The third-order valence-electron chi connectivity index (χ3n) is 4.30. The van der Waals surface area contributed by atoms with Crippen LogP contribution >= 0.6 is 0 Å². The summed E-state index contributed by atoms with van der Waals surface area (Å²) < 4.78 is 1.78. The Labute approximate surface area is 162 Å². The summed E-state index contributed by atoms with van der Waals surface area (Å²) in [5.41, 5.74) is 3.58. The maximum absolute atomic E-state index is 12.8. The molecule has 0 bridgehead atoms. The minimum atomic E-state index is -0.311. The first-order chi connectivity index (χ1) is 13.6. The van der Waals surface area contributed by atoms with Gasteiger partial charge >= 0.3 is 0 Å². The predicted molar refractivity (Wildman–Crippen MR) is 107 cm³/mol. The lowest BCUT2D eigenvalue weighted by atomic mass is 10.2. The van der Waals surface area contributed by atoms with Crippen LogP contribution in [0.3, 0.4) is 0 Å². The fourth-order valence-corrected chi connectivity index (χ4v) is 2.96. The maximum Gasteiger partial charge on any atom is 0.279 e. The molecule has 0 aliphatic heterocycles. The number of para-hydroxylation sites is 1. The summed E-state index contributed by atoms with van der Waals surface area (Å²) in [5, 5.41) is 16.1. The number of hydrogen-bond donors (Lipinski definition) is 1. The summed E-state index contributed by atoms with van der Waals surface area (Å²) >= 11 is 0. The standard InChI is InChI=1S/C21H20N6O/c1-15-13-19(26(23-15)14-17-9-5-3-6-10-17)22-21(28)20-16(2)24-27(25-20)18-11-7-4-8-12-18/h3-13H,14H2,1-2H3,(H,22,28). The highest BCUT2D eigenvalue weighted by molar-refractivity contribution is 6.03. The first-order valence-electron chi connectivity index (χ1n) is 8.99. The van der Waals surface area contributed by atoms with Crippen LogP contribution in [0.2, 0.25) is 0 Å². The van der Waals surface area contributed by atoms with Crippen molar-refractivity contribution < 1.29 is 4.79 Å². The van der Waals surface area contributed by atoms with E-state index >= 15 is 0 Å². The molecule has 1 N–H and O–H groups in total. The second-order valence-corrected chi connectivity index (χ2v) is 6.53. The van der Waals surface area contributed by atoms with Gasteiger partial charge in [-0.2, -0.15) is 15.0 Å². The molecule has 0 unspecified atom stereocenters. The predicted octanol–water partition coefficient (Wildman–Crippen LogP) is 3.38. The van der Waals surface area contributed by atoms with Gasteiger partial charge in [-0.1, -0.05) is 48.5 Å². The van der Waals surface area contributed by atoms with E-state index in [9.17, 15) is 4.79 Å². The number of nitrogens with zero attached hydrogens (tertiary/aromatic N) is 5. The second kappa shape index (κ2) is 7.48. The van der Waals surface area contributed by atoms with E-state index in [1.165, 1.54) is 4.80 Å². The minimum Gasteiger partial charge on any atom is -0.305 e. The Hall–Kier alpha value is -3.74. The van der Waals surface area contributed by atoms with Crippen molar-refractivity contribution in [2.75, 3.05) is 5.32 Å². The average molecular weight is 372 g/mol. The Kier molecular flexibility index (Phi) is 4.72. The number of aryl methyl sites for hydroxylation is 2. The highest BCUT2D eigenvalue weighted by Crippen LogP contribution is 2.15. The van der Waals surface area contributed by atoms with E-state index in [0.717, 1.165) is 16.9 Å². The largest absolute Gasteiger partial charge is 0.305 e. The van der Waals surface area contributed by atoms with Gasteiger partial charge in [0, 0.05) is 6.07 Å². The molecule has 4 rings (SSSR count). The lowest BCUT2D eigenvalue weighted by Crippen LogP contribution is -2.17. The SMILES string of the molecule is Cc1cc(NC(=O)c2nn(-c3ccccc3)nc2C)n(Cc2ccccc2)n1. The highest BCUT2D eigenvalue weighted by atomic mass is 16.2. The Morgan fingerprint density at radius 1 is 0.929 bits per heavy atom. The van der Waals surface area contributed by atoms with Gasteiger partial charge in [0.25, 0.3) is 5.91 Å². The first kappa shape index (κ1) is 17.7. The van der Waals surface area contributed by atoms with Crippen LogP contribution in [0.25, 0.3) is 5.69 Å². The van der Waals surface area contributed by atoms with Gasteiger partial charge in [-0.15, -0.1) is 5.10 Å². The summed E-state index contributed by atoms with van der Waals surface area (Å²) in [6.07, 6.45) is 0. The third kappa shape index (κ3) is 3.68. The molecule has 7 heteroatoms. The van der Waals surface area contributed by atoms with Gasteiger partial charge in [0.2, 0.25) is 0 Å². The summed E-state index contributed by atoms with van der Waals surface area (Å²) in [6.45, 7) is 4.24. The van der Waals surface area contributed by atoms with Gasteiger partial charge in [0.05, 0.1) is 23.6 Å². The van der Waals surface area contributed by atoms with Crippen LogP contribution in [0.4, 0.5) is 5.82 Å². The lowest BCUT2D eigenvalue weighted by Gasteiger charge is -2.08. The van der Waals surface area contributed by atoms with Crippen molar-refractivity contribution in [1.29, 1.82) is 0 Å². The average Bonchev–Trinajstić information content (AvgIpc) is 3.25. The second-order valence-electron chi connectivity index (χ2n) is 6.53. The topological polar surface area (TPSA) is 77.6 Å². The lowest BCUT2D eigenvalue weighted by molar-refractivity contribution is 0.102. The normalized spacial score (nSPS) is 10.8. The molecule has 1 amide bonds. The zero-order valence-corrected chi connectivity index (χ0v) is 15.7. The Morgan fingerprint density at radius 2 is 1.61 bits per heavy atom. The van der Waals surface area contributed by atoms with Gasteiger partial charge in [0.1, 0.15) is 5.82 Å². The van der Waals surface area contributed by atoms with Crippen LogP contribution in [0.1, 0.15) is 27.4 Å². The van der Waals surface area contributed by atoms with Gasteiger partial charge in [-0.05, 0) is 31.5 Å². The van der Waals surface area contributed by atoms with Crippen LogP contribution in [0.5, 0.6) is 0 Å². The Balaban J connectivity index is 1.57. The number of hydrogen-bond acceptors (Lipinski definition) is 4. The van der Waals surface area contributed by atoms with Gasteiger partial charge in [-0.3, -0.25) is 4.79 Å². The van der Waals surface area contributed by atoms with Gasteiger partial charge in [-0.25, -0.2) is 4.68 Å². The van der Waals surface area contributed by atoms with E-state index in [0.29, 0.717) is 18.1 Å². The van der Waals surface area contributed by atoms with Crippen molar-refractivity contribution in [2.24, 2.45) is 0 Å². The first-order valence-corrected chi connectivity index (χ1v) is 8.99. The van der Waals surface area contributed by atoms with Crippen molar-refractivity contribution in [2.45, 2.75) is 20.4 Å². The van der Waals surface area contributed by atoms with E-state index in [1.54, 1.807) is 11.6 Å². The van der Waals surface area contributed by atoms with Crippen molar-refractivity contribution in [1.82, 2.24) is 24.8 Å². The van der Waals surface area contributed by atoms with Crippen LogP contribution < -0.4 is 5.32 Å². The zero-order valence-electron chi connectivity index (χ0n) is 15.7. The van der Waals surface area contributed by atoms with Crippen molar-refractivity contribution in [3.8, 4) is 5.69 Å². The Morgan fingerprint density at radius 3 is 2.32 bits per heavy atom. The molecule has 28 heavy (non-hydrogen) atoms. The van der Waals surface area contributed by atoms with E-state index in [2.05, 4.69) is 20.6 Å². The molecule has 2 aromatic carbocycles. The molecule has 140 valence electrons. The zero-order chi connectivity index (χ0) is 19.5. The fourth-order valence-electron chi connectivity index (χ4n) is 2.96. The molecule has 0 spiro atoms. The molecule has 0 atom stereocenters. The number of anilines is 1. The van der Waals surface area contributed by atoms with Crippen LogP contribution in [0.15, 0.2) is 66.7 Å². The van der Waals surface area contributed by atoms with Crippen LogP contribution in [-0.2, 0) is 6.54 Å². The molecular formula is C21H20N6O. The number of carbonyl (C=O) groups is 1. The molecule has 0 fully saturated rings. The molecule has 0 saturated heterocycles. The molecule has 0 aliphatic rings. The molecule has 2 aromatic heterocycles. The van der Waals surface area contributed by atoms with E-state index in [1.807, 2.05) is 73.7 Å². The fraction of sp³-hybridized carbons (Fsp3) is 0.143. The summed E-state index contributed by atoms with van der Waals surface area (Å²) in [5.74, 6) is 0.314. The highest BCUT2D eigenvalue weighted by Gasteiger charge is 2.18. The van der Waals surface area contributed by atoms with Crippen molar-refractivity contribution >= 4 is 11.7 Å².